The summed E-state index contributed by atoms with van der Waals surface area (Å²) < 4.78 is 40.7. The number of rotatable bonds is 4. The summed E-state index contributed by atoms with van der Waals surface area (Å²) in [6.45, 7) is 3.70. The molecule has 6 heteroatoms. The molecule has 1 saturated heterocycles. The maximum absolute atomic E-state index is 13.3. The van der Waals surface area contributed by atoms with E-state index in [1.165, 1.54) is 18.6 Å². The molecule has 0 amide bonds. The highest BCUT2D eigenvalue weighted by atomic mass is 32.2. The van der Waals surface area contributed by atoms with Crippen molar-refractivity contribution in [1.82, 2.24) is 4.72 Å². The minimum atomic E-state index is -3.57. The smallest absolute Gasteiger partial charge is 0.210 e. The zero-order valence-corrected chi connectivity index (χ0v) is 13.4. The van der Waals surface area contributed by atoms with Gasteiger partial charge in [-0.05, 0) is 55.7 Å². The Balaban J connectivity index is 2.14. The fourth-order valence-electron chi connectivity index (χ4n) is 2.56. The molecule has 1 fully saturated rings. The van der Waals surface area contributed by atoms with Crippen molar-refractivity contribution in [3.63, 3.8) is 0 Å². The molecule has 1 atom stereocenters. The molecule has 112 valence electrons. The number of halogens is 1. The molecule has 2 rings (SSSR count). The summed E-state index contributed by atoms with van der Waals surface area (Å²) in [5.74, 6) is 0.697. The molecule has 1 heterocycles. The van der Waals surface area contributed by atoms with Gasteiger partial charge in [0.05, 0.1) is 4.90 Å². The second-order valence-corrected chi connectivity index (χ2v) is 8.32. The van der Waals surface area contributed by atoms with Crippen molar-refractivity contribution in [2.24, 2.45) is 0 Å². The molecular weight excluding hydrogens is 297 g/mol. The van der Waals surface area contributed by atoms with Crippen LogP contribution in [0.4, 0.5) is 4.39 Å². The van der Waals surface area contributed by atoms with Crippen molar-refractivity contribution in [1.29, 1.82) is 0 Å². The summed E-state index contributed by atoms with van der Waals surface area (Å²) in [6, 6.07) is 2.52. The monoisotopic (exact) mass is 317 g/mol. The normalized spacial score (nSPS) is 20.1. The third-order valence-corrected chi connectivity index (χ3v) is 6.60. The van der Waals surface area contributed by atoms with Crippen LogP contribution in [0.25, 0.3) is 0 Å². The largest absolute Gasteiger partial charge is 0.241 e. The zero-order valence-electron chi connectivity index (χ0n) is 11.8. The second-order valence-electron chi connectivity index (χ2n) is 5.21. The number of aryl methyl sites for hydroxylation is 2. The van der Waals surface area contributed by atoms with Crippen LogP contribution in [0.1, 0.15) is 30.4 Å². The molecule has 1 aliphatic rings. The molecule has 1 unspecified atom stereocenters. The van der Waals surface area contributed by atoms with E-state index in [2.05, 4.69) is 4.72 Å². The van der Waals surface area contributed by atoms with Gasteiger partial charge in [-0.2, -0.15) is 11.8 Å². The maximum Gasteiger partial charge on any atom is 0.241 e. The Kier molecular flexibility index (Phi) is 5.09. The summed E-state index contributed by atoms with van der Waals surface area (Å²) in [6.07, 6.45) is 3.42. The molecule has 1 N–H and O–H groups in total. The quantitative estimate of drug-likeness (QED) is 0.928. The zero-order chi connectivity index (χ0) is 14.8. The number of hydrogen-bond donors (Lipinski definition) is 1. The van der Waals surface area contributed by atoms with Crippen molar-refractivity contribution < 1.29 is 12.8 Å². The average molecular weight is 317 g/mol. The van der Waals surface area contributed by atoms with Crippen LogP contribution >= 0.6 is 11.8 Å². The van der Waals surface area contributed by atoms with Crippen molar-refractivity contribution in [2.45, 2.75) is 43.3 Å². The van der Waals surface area contributed by atoms with Gasteiger partial charge in [-0.15, -0.1) is 0 Å². The summed E-state index contributed by atoms with van der Waals surface area (Å²) in [5, 5.41) is 0.347. The predicted octanol–water partition coefficient (Wildman–Crippen LogP) is 3.01. The summed E-state index contributed by atoms with van der Waals surface area (Å²) >= 11 is 1.82. The van der Waals surface area contributed by atoms with Gasteiger partial charge in [0.15, 0.2) is 0 Å². The van der Waals surface area contributed by atoms with E-state index in [1.54, 1.807) is 13.8 Å². The minimum absolute atomic E-state index is 0.208. The van der Waals surface area contributed by atoms with E-state index in [0.717, 1.165) is 18.6 Å². The van der Waals surface area contributed by atoms with E-state index >= 15 is 0 Å². The molecule has 1 aromatic rings. The SMILES string of the molecule is Cc1cc(F)cc(C)c1S(=O)(=O)NCC1CCCCS1. The molecule has 0 radical (unpaired) electrons. The first-order valence-electron chi connectivity index (χ1n) is 6.78. The lowest BCUT2D eigenvalue weighted by Gasteiger charge is -2.22. The number of hydrogen-bond acceptors (Lipinski definition) is 3. The Labute approximate surface area is 124 Å². The number of benzene rings is 1. The van der Waals surface area contributed by atoms with E-state index in [4.69, 9.17) is 0 Å². The highest BCUT2D eigenvalue weighted by molar-refractivity contribution is 8.00. The number of nitrogens with one attached hydrogen (secondary N) is 1. The lowest BCUT2D eigenvalue weighted by Crippen LogP contribution is -2.32. The van der Waals surface area contributed by atoms with Gasteiger partial charge in [0.1, 0.15) is 5.82 Å². The molecule has 20 heavy (non-hydrogen) atoms. The maximum atomic E-state index is 13.3. The number of sulfonamides is 1. The highest BCUT2D eigenvalue weighted by Crippen LogP contribution is 2.26. The van der Waals surface area contributed by atoms with Gasteiger partial charge in [0, 0.05) is 11.8 Å². The minimum Gasteiger partial charge on any atom is -0.210 e. The Bertz CT molecular complexity index is 558. The molecule has 0 aromatic heterocycles. The topological polar surface area (TPSA) is 46.2 Å². The van der Waals surface area contributed by atoms with Gasteiger partial charge < -0.3 is 0 Å². The van der Waals surface area contributed by atoms with Crippen molar-refractivity contribution in [3.05, 3.63) is 29.1 Å². The van der Waals surface area contributed by atoms with Crippen LogP contribution in [0, 0.1) is 19.7 Å². The molecular formula is C14H20FNO2S2. The summed E-state index contributed by atoms with van der Waals surface area (Å²) in [5.41, 5.74) is 0.901. The summed E-state index contributed by atoms with van der Waals surface area (Å²) in [4.78, 5) is 0.208. The fraction of sp³-hybridized carbons (Fsp3) is 0.571. The first kappa shape index (κ1) is 15.8. The Morgan fingerprint density at radius 2 is 1.95 bits per heavy atom. The second kappa shape index (κ2) is 6.45. The lowest BCUT2D eigenvalue weighted by atomic mass is 10.1. The molecule has 0 saturated carbocycles. The molecule has 0 aliphatic carbocycles. The number of thioether (sulfide) groups is 1. The Morgan fingerprint density at radius 3 is 2.50 bits per heavy atom. The van der Waals surface area contributed by atoms with Gasteiger partial charge in [0.2, 0.25) is 10.0 Å². The van der Waals surface area contributed by atoms with Crippen LogP contribution in [0.15, 0.2) is 17.0 Å². The van der Waals surface area contributed by atoms with E-state index in [-0.39, 0.29) is 4.90 Å². The standard InChI is InChI=1S/C14H20FNO2S2/c1-10-7-12(15)8-11(2)14(10)20(17,18)16-9-13-5-3-4-6-19-13/h7-8,13,16H,3-6,9H2,1-2H3. The van der Waals surface area contributed by atoms with E-state index in [0.29, 0.717) is 22.9 Å². The van der Waals surface area contributed by atoms with Crippen LogP contribution in [0.5, 0.6) is 0 Å². The Morgan fingerprint density at radius 1 is 1.30 bits per heavy atom. The van der Waals surface area contributed by atoms with Crippen LogP contribution in [0.2, 0.25) is 0 Å². The molecule has 0 spiro atoms. The first-order valence-corrected chi connectivity index (χ1v) is 9.31. The lowest BCUT2D eigenvalue weighted by molar-refractivity contribution is 0.571. The van der Waals surface area contributed by atoms with E-state index in [1.807, 2.05) is 11.8 Å². The highest BCUT2D eigenvalue weighted by Gasteiger charge is 2.22. The Hall–Kier alpha value is -0.590. The van der Waals surface area contributed by atoms with Crippen LogP contribution in [-0.2, 0) is 10.0 Å². The van der Waals surface area contributed by atoms with Gasteiger partial charge in [-0.3, -0.25) is 0 Å². The van der Waals surface area contributed by atoms with Crippen LogP contribution in [0.3, 0.4) is 0 Å². The molecule has 1 aliphatic heterocycles. The molecule has 0 bridgehead atoms. The van der Waals surface area contributed by atoms with Crippen molar-refractivity contribution in [2.75, 3.05) is 12.3 Å². The van der Waals surface area contributed by atoms with Gasteiger partial charge in [-0.1, -0.05) is 6.42 Å². The predicted molar refractivity (Wildman–Crippen MR) is 81.2 cm³/mol. The van der Waals surface area contributed by atoms with Crippen LogP contribution < -0.4 is 4.72 Å². The molecule has 3 nitrogen and oxygen atoms in total. The fourth-order valence-corrected chi connectivity index (χ4v) is 5.44. The summed E-state index contributed by atoms with van der Waals surface area (Å²) in [7, 11) is -3.57. The third-order valence-electron chi connectivity index (χ3n) is 3.47. The van der Waals surface area contributed by atoms with Crippen LogP contribution in [-0.4, -0.2) is 26.0 Å². The van der Waals surface area contributed by atoms with Gasteiger partial charge in [0.25, 0.3) is 0 Å². The van der Waals surface area contributed by atoms with Gasteiger partial charge in [-0.25, -0.2) is 17.5 Å². The molecule has 1 aromatic carbocycles. The average Bonchev–Trinajstić information content (AvgIpc) is 2.36. The third kappa shape index (κ3) is 3.74. The van der Waals surface area contributed by atoms with Crippen molar-refractivity contribution in [3.8, 4) is 0 Å². The van der Waals surface area contributed by atoms with Crippen molar-refractivity contribution >= 4 is 21.8 Å². The van der Waals surface area contributed by atoms with E-state index < -0.39 is 15.8 Å². The van der Waals surface area contributed by atoms with E-state index in [9.17, 15) is 12.8 Å². The first-order chi connectivity index (χ1) is 9.40. The van der Waals surface area contributed by atoms with Gasteiger partial charge >= 0.3 is 0 Å².